The van der Waals surface area contributed by atoms with E-state index in [9.17, 15) is 14.7 Å². The van der Waals surface area contributed by atoms with Gasteiger partial charge in [0.15, 0.2) is 0 Å². The summed E-state index contributed by atoms with van der Waals surface area (Å²) in [7, 11) is 0. The first-order chi connectivity index (χ1) is 10.1. The molecule has 0 fully saturated rings. The van der Waals surface area contributed by atoms with Gasteiger partial charge in [0, 0.05) is 5.41 Å². The molecule has 21 heavy (non-hydrogen) atoms. The number of esters is 1. The van der Waals surface area contributed by atoms with Crippen LogP contribution in [0, 0.1) is 0 Å². The molecule has 1 unspecified atom stereocenters. The molecule has 1 aliphatic heterocycles. The smallest absolute Gasteiger partial charge is 0.446 e. The van der Waals surface area contributed by atoms with E-state index in [0.29, 0.717) is 4.88 Å². The number of aromatic nitrogens is 2. The first-order valence-electron chi connectivity index (χ1n) is 5.99. The van der Waals surface area contributed by atoms with Crippen molar-refractivity contribution in [3.63, 3.8) is 0 Å². The van der Waals surface area contributed by atoms with Gasteiger partial charge in [0.05, 0.1) is 11.5 Å². The van der Waals surface area contributed by atoms with E-state index in [0.717, 1.165) is 16.3 Å². The molecular formula is C12H10N2O5S2. The molecule has 1 atom stereocenters. The number of rotatable bonds is 3. The van der Waals surface area contributed by atoms with Gasteiger partial charge in [0.25, 0.3) is 0 Å². The minimum atomic E-state index is -1.57. The van der Waals surface area contributed by atoms with Crippen LogP contribution >= 0.6 is 23.1 Å². The van der Waals surface area contributed by atoms with Crippen LogP contribution in [0.3, 0.4) is 0 Å². The van der Waals surface area contributed by atoms with E-state index >= 15 is 0 Å². The first-order valence-corrected chi connectivity index (χ1v) is 7.75. The molecule has 0 spiro atoms. The maximum atomic E-state index is 11.9. The van der Waals surface area contributed by atoms with Crippen LogP contribution in [0.5, 0.6) is 0 Å². The number of aliphatic hydroxyl groups is 1. The van der Waals surface area contributed by atoms with Crippen molar-refractivity contribution in [1.82, 2.24) is 9.72 Å². The Kier molecular flexibility index (Phi) is 3.47. The highest BCUT2D eigenvalue weighted by Gasteiger charge is 2.44. The van der Waals surface area contributed by atoms with Gasteiger partial charge in [-0.25, -0.2) is 14.2 Å². The van der Waals surface area contributed by atoms with Crippen molar-refractivity contribution in [2.24, 2.45) is 0 Å². The van der Waals surface area contributed by atoms with Crippen LogP contribution in [0.2, 0.25) is 0 Å². The Morgan fingerprint density at radius 2 is 2.43 bits per heavy atom. The summed E-state index contributed by atoms with van der Waals surface area (Å²) in [5, 5.41) is 17.6. The van der Waals surface area contributed by atoms with Crippen LogP contribution in [0.4, 0.5) is 0 Å². The van der Waals surface area contributed by atoms with E-state index in [4.69, 9.17) is 4.74 Å². The van der Waals surface area contributed by atoms with Gasteiger partial charge in [-0.05, 0) is 18.4 Å². The van der Waals surface area contributed by atoms with E-state index in [1.54, 1.807) is 24.4 Å². The molecule has 0 aliphatic carbocycles. The molecule has 0 amide bonds. The minimum Gasteiger partial charge on any atom is -0.461 e. The van der Waals surface area contributed by atoms with Gasteiger partial charge in [-0.1, -0.05) is 23.0 Å². The van der Waals surface area contributed by atoms with Crippen LogP contribution in [0.15, 0.2) is 32.2 Å². The van der Waals surface area contributed by atoms with E-state index in [-0.39, 0.29) is 18.1 Å². The molecule has 2 aromatic rings. The number of carbonyl (C=O) groups is 1. The molecule has 1 aliphatic rings. The van der Waals surface area contributed by atoms with Crippen molar-refractivity contribution in [2.45, 2.75) is 11.9 Å². The predicted molar refractivity (Wildman–Crippen MR) is 76.6 cm³/mol. The standard InChI is InChI=1S/C12H10N2O5S2/c1-2-18-9(15)7-6-21-12(17,8-4-3-5-20-8)10-13-19-11(16)14(7)10/h3-6,17H,2H2,1H3. The molecule has 0 saturated carbocycles. The largest absolute Gasteiger partial charge is 0.461 e. The third-order valence-electron chi connectivity index (χ3n) is 2.83. The SMILES string of the molecule is CCOC(=O)C1=CSC(O)(c2cccs2)c2noc(=O)n21. The summed E-state index contributed by atoms with van der Waals surface area (Å²) in [5.74, 6) is -1.57. The number of fused-ring (bicyclic) bond motifs is 1. The zero-order valence-electron chi connectivity index (χ0n) is 10.8. The maximum absolute atomic E-state index is 11.9. The van der Waals surface area contributed by atoms with Crippen LogP contribution in [-0.4, -0.2) is 27.4 Å². The van der Waals surface area contributed by atoms with Gasteiger partial charge in [0.1, 0.15) is 5.70 Å². The summed E-state index contributed by atoms with van der Waals surface area (Å²) in [6.07, 6.45) is 0. The summed E-state index contributed by atoms with van der Waals surface area (Å²) in [6.45, 7) is 1.83. The molecule has 3 heterocycles. The van der Waals surface area contributed by atoms with Gasteiger partial charge >= 0.3 is 11.7 Å². The molecule has 0 aromatic carbocycles. The molecule has 0 bridgehead atoms. The highest BCUT2D eigenvalue weighted by molar-refractivity contribution is 8.03. The van der Waals surface area contributed by atoms with Crippen molar-refractivity contribution in [1.29, 1.82) is 0 Å². The first kappa shape index (κ1) is 14.1. The fraction of sp³-hybridized carbons (Fsp3) is 0.250. The van der Waals surface area contributed by atoms with E-state index in [1.807, 2.05) is 0 Å². The number of carbonyl (C=O) groups excluding carboxylic acids is 1. The topological polar surface area (TPSA) is 94.6 Å². The third kappa shape index (κ3) is 2.13. The predicted octanol–water partition coefficient (Wildman–Crippen LogP) is 1.20. The third-order valence-corrected chi connectivity index (χ3v) is 5.02. The van der Waals surface area contributed by atoms with Crippen LogP contribution in [0.1, 0.15) is 17.6 Å². The Balaban J connectivity index is 2.14. The highest BCUT2D eigenvalue weighted by Crippen LogP contribution is 2.45. The summed E-state index contributed by atoms with van der Waals surface area (Å²) < 4.78 is 10.4. The van der Waals surface area contributed by atoms with Gasteiger partial charge < -0.3 is 9.84 Å². The summed E-state index contributed by atoms with van der Waals surface area (Å²) in [4.78, 5) is 22.7. The second-order valence-electron chi connectivity index (χ2n) is 4.07. The monoisotopic (exact) mass is 326 g/mol. The average Bonchev–Trinajstić information content (AvgIpc) is 3.11. The van der Waals surface area contributed by atoms with Crippen LogP contribution in [-0.2, 0) is 14.5 Å². The lowest BCUT2D eigenvalue weighted by Gasteiger charge is -2.27. The fourth-order valence-corrected chi connectivity index (χ4v) is 3.81. The number of hydrogen-bond acceptors (Lipinski definition) is 8. The Bertz CT molecular complexity index is 761. The van der Waals surface area contributed by atoms with E-state index in [2.05, 4.69) is 9.68 Å². The summed E-state index contributed by atoms with van der Waals surface area (Å²) in [5.41, 5.74) is -0.0238. The Labute approximate surface area is 126 Å². The molecule has 7 nitrogen and oxygen atoms in total. The molecule has 3 rings (SSSR count). The van der Waals surface area contributed by atoms with Crippen molar-refractivity contribution in [3.8, 4) is 0 Å². The fourth-order valence-electron chi connectivity index (χ4n) is 1.91. The summed E-state index contributed by atoms with van der Waals surface area (Å²) >= 11 is 2.27. The van der Waals surface area contributed by atoms with Crippen LogP contribution < -0.4 is 5.76 Å². The van der Waals surface area contributed by atoms with Crippen LogP contribution in [0.25, 0.3) is 5.70 Å². The normalized spacial score (nSPS) is 20.8. The molecule has 0 saturated heterocycles. The molecule has 2 aromatic heterocycles. The molecule has 1 N–H and O–H groups in total. The van der Waals surface area contributed by atoms with Crippen molar-refractivity contribution in [3.05, 3.63) is 44.2 Å². The molecule has 9 heteroatoms. The number of thioether (sulfide) groups is 1. The maximum Gasteiger partial charge on any atom is 0.446 e. The quantitative estimate of drug-likeness (QED) is 0.847. The van der Waals surface area contributed by atoms with Crippen molar-refractivity contribution >= 4 is 34.8 Å². The number of ether oxygens (including phenoxy) is 1. The van der Waals surface area contributed by atoms with Crippen molar-refractivity contribution < 1.29 is 19.2 Å². The average molecular weight is 326 g/mol. The second kappa shape index (κ2) is 5.17. The zero-order chi connectivity index (χ0) is 15.0. The Morgan fingerprint density at radius 3 is 3.10 bits per heavy atom. The van der Waals surface area contributed by atoms with Gasteiger partial charge in [-0.3, -0.25) is 4.52 Å². The summed E-state index contributed by atoms with van der Waals surface area (Å²) in [6, 6.07) is 3.48. The highest BCUT2D eigenvalue weighted by atomic mass is 32.2. The Hall–Kier alpha value is -1.84. The van der Waals surface area contributed by atoms with Gasteiger partial charge in [-0.15, -0.1) is 11.3 Å². The zero-order valence-corrected chi connectivity index (χ0v) is 12.4. The van der Waals surface area contributed by atoms with Gasteiger partial charge in [-0.2, -0.15) is 0 Å². The van der Waals surface area contributed by atoms with Gasteiger partial charge in [0.2, 0.25) is 10.8 Å². The van der Waals surface area contributed by atoms with Crippen molar-refractivity contribution in [2.75, 3.05) is 6.61 Å². The number of thiophene rings is 1. The lowest BCUT2D eigenvalue weighted by molar-refractivity contribution is -0.136. The van der Waals surface area contributed by atoms with E-state index in [1.165, 1.54) is 16.7 Å². The lowest BCUT2D eigenvalue weighted by atomic mass is 10.2. The van der Waals surface area contributed by atoms with E-state index < -0.39 is 16.7 Å². The molecule has 0 radical (unpaired) electrons. The second-order valence-corrected chi connectivity index (χ2v) is 6.08. The lowest BCUT2D eigenvalue weighted by Crippen LogP contribution is -2.34. The Morgan fingerprint density at radius 1 is 1.62 bits per heavy atom. The molecular weight excluding hydrogens is 316 g/mol. The minimum absolute atomic E-state index is 0.0238. The number of hydrogen-bond donors (Lipinski definition) is 1. The number of nitrogens with zero attached hydrogens (tertiary/aromatic N) is 2. The molecule has 110 valence electrons.